The molecular formula is C14H22F2N2O2. The average molecular weight is 288 g/mol. The van der Waals surface area contributed by atoms with E-state index in [1.54, 1.807) is 4.90 Å². The maximum atomic E-state index is 13.2. The quantitative estimate of drug-likeness (QED) is 0.775. The Morgan fingerprint density at radius 2 is 2.05 bits per heavy atom. The molecule has 0 aromatic rings. The third-order valence-electron chi connectivity index (χ3n) is 4.76. The van der Waals surface area contributed by atoms with Crippen molar-refractivity contribution in [3.8, 4) is 0 Å². The second-order valence-electron chi connectivity index (χ2n) is 6.47. The van der Waals surface area contributed by atoms with Gasteiger partial charge in [-0.2, -0.15) is 0 Å². The first kappa shape index (κ1) is 14.2. The van der Waals surface area contributed by atoms with Crippen LogP contribution in [0.25, 0.3) is 0 Å². The number of hydrogen-bond donors (Lipinski definition) is 0. The minimum Gasteiger partial charge on any atom is -0.353 e. The van der Waals surface area contributed by atoms with Crippen molar-refractivity contribution in [1.82, 2.24) is 9.80 Å². The summed E-state index contributed by atoms with van der Waals surface area (Å²) >= 11 is 0. The van der Waals surface area contributed by atoms with E-state index in [0.717, 1.165) is 19.4 Å². The summed E-state index contributed by atoms with van der Waals surface area (Å²) in [6.45, 7) is 6.78. The van der Waals surface area contributed by atoms with Crippen LogP contribution >= 0.6 is 0 Å². The lowest BCUT2D eigenvalue weighted by Crippen LogP contribution is -2.61. The van der Waals surface area contributed by atoms with Crippen LogP contribution in [0.2, 0.25) is 0 Å². The Morgan fingerprint density at radius 1 is 1.35 bits per heavy atom. The van der Waals surface area contributed by atoms with E-state index in [2.05, 4.69) is 18.7 Å². The van der Waals surface area contributed by atoms with Gasteiger partial charge in [0.05, 0.1) is 6.61 Å². The minimum atomic E-state index is -2.80. The largest absolute Gasteiger partial charge is 0.353 e. The molecule has 4 nitrogen and oxygen atoms in total. The van der Waals surface area contributed by atoms with Gasteiger partial charge in [-0.25, -0.2) is 8.78 Å². The number of nitrogens with zero attached hydrogens (tertiary/aromatic N) is 2. The summed E-state index contributed by atoms with van der Waals surface area (Å²) in [5.74, 6) is -4.33. The van der Waals surface area contributed by atoms with E-state index in [0.29, 0.717) is 25.7 Å². The molecule has 2 unspecified atom stereocenters. The van der Waals surface area contributed by atoms with E-state index >= 15 is 0 Å². The Bertz CT molecular complexity index is 416. The summed E-state index contributed by atoms with van der Waals surface area (Å²) < 4.78 is 32.2. The summed E-state index contributed by atoms with van der Waals surface area (Å²) in [5, 5.41) is 0. The van der Waals surface area contributed by atoms with Crippen LogP contribution in [0, 0.1) is 5.92 Å². The second-order valence-corrected chi connectivity index (χ2v) is 6.47. The van der Waals surface area contributed by atoms with Crippen LogP contribution < -0.4 is 0 Å². The number of carbonyl (C=O) groups is 1. The van der Waals surface area contributed by atoms with Crippen LogP contribution in [0.4, 0.5) is 8.78 Å². The molecule has 1 spiro atoms. The highest BCUT2D eigenvalue weighted by molar-refractivity contribution is 5.83. The highest BCUT2D eigenvalue weighted by Gasteiger charge is 2.64. The Morgan fingerprint density at radius 3 is 2.65 bits per heavy atom. The number of halogens is 2. The first-order valence-electron chi connectivity index (χ1n) is 7.43. The molecule has 114 valence electrons. The number of likely N-dealkylation sites (tertiary alicyclic amines) is 1. The standard InChI is InChI=1S/C14H22F2N2O2/c1-10(2)17-6-7-20-13(9-17)4-3-5-18(13)12(19)11-8-14(11,15)16/h10-11H,3-9H2,1-2H3. The van der Waals surface area contributed by atoms with E-state index in [9.17, 15) is 13.6 Å². The van der Waals surface area contributed by atoms with E-state index in [1.165, 1.54) is 0 Å². The lowest BCUT2D eigenvalue weighted by atomic mass is 10.1. The number of hydrogen-bond acceptors (Lipinski definition) is 3. The van der Waals surface area contributed by atoms with Crippen molar-refractivity contribution in [1.29, 1.82) is 0 Å². The predicted octanol–water partition coefficient (Wildman–Crippen LogP) is 1.70. The summed E-state index contributed by atoms with van der Waals surface area (Å²) in [7, 11) is 0. The van der Waals surface area contributed by atoms with Crippen molar-refractivity contribution in [3.05, 3.63) is 0 Å². The Labute approximate surface area is 118 Å². The molecule has 3 aliphatic rings. The molecule has 2 atom stereocenters. The van der Waals surface area contributed by atoms with Gasteiger partial charge in [-0.05, 0) is 26.7 Å². The monoisotopic (exact) mass is 288 g/mol. The van der Waals surface area contributed by atoms with Gasteiger partial charge in [0.15, 0.2) is 5.72 Å². The first-order valence-corrected chi connectivity index (χ1v) is 7.43. The number of amides is 1. The summed E-state index contributed by atoms with van der Waals surface area (Å²) in [4.78, 5) is 16.2. The highest BCUT2D eigenvalue weighted by Crippen LogP contribution is 2.51. The fourth-order valence-electron chi connectivity index (χ4n) is 3.38. The molecule has 3 fully saturated rings. The van der Waals surface area contributed by atoms with E-state index in [1.807, 2.05) is 0 Å². The third kappa shape index (κ3) is 2.22. The van der Waals surface area contributed by atoms with Crippen molar-refractivity contribution in [2.75, 3.05) is 26.2 Å². The maximum Gasteiger partial charge on any atom is 0.260 e. The van der Waals surface area contributed by atoms with Crippen LogP contribution in [0.15, 0.2) is 0 Å². The van der Waals surface area contributed by atoms with Crippen molar-refractivity contribution in [2.45, 2.75) is 50.8 Å². The summed E-state index contributed by atoms with van der Waals surface area (Å²) in [6, 6.07) is 0.371. The van der Waals surface area contributed by atoms with Crippen molar-refractivity contribution < 1.29 is 18.3 Å². The highest BCUT2D eigenvalue weighted by atomic mass is 19.3. The van der Waals surface area contributed by atoms with Gasteiger partial charge in [-0.1, -0.05) is 0 Å². The van der Waals surface area contributed by atoms with Gasteiger partial charge >= 0.3 is 0 Å². The zero-order valence-electron chi connectivity index (χ0n) is 12.1. The van der Waals surface area contributed by atoms with Crippen LogP contribution in [-0.2, 0) is 9.53 Å². The van der Waals surface area contributed by atoms with Crippen molar-refractivity contribution in [2.24, 2.45) is 5.92 Å². The Balaban J connectivity index is 1.76. The van der Waals surface area contributed by atoms with Gasteiger partial charge in [-0.15, -0.1) is 0 Å². The third-order valence-corrected chi connectivity index (χ3v) is 4.76. The van der Waals surface area contributed by atoms with Crippen LogP contribution in [0.5, 0.6) is 0 Å². The molecule has 1 amide bonds. The molecule has 1 saturated carbocycles. The van der Waals surface area contributed by atoms with Gasteiger partial charge in [0.1, 0.15) is 5.92 Å². The molecule has 0 aromatic heterocycles. The fraction of sp³-hybridized carbons (Fsp3) is 0.929. The second kappa shape index (κ2) is 4.63. The zero-order valence-corrected chi connectivity index (χ0v) is 12.1. The SMILES string of the molecule is CC(C)N1CCOC2(CCCN2C(=O)C2CC2(F)F)C1. The number of rotatable bonds is 2. The van der Waals surface area contributed by atoms with Crippen LogP contribution in [0.1, 0.15) is 33.1 Å². The predicted molar refractivity (Wildman–Crippen MR) is 69.4 cm³/mol. The normalized spacial score (nSPS) is 36.9. The van der Waals surface area contributed by atoms with E-state index < -0.39 is 23.5 Å². The Hall–Kier alpha value is -0.750. The van der Waals surface area contributed by atoms with Gasteiger partial charge in [0.2, 0.25) is 5.91 Å². The molecule has 2 aliphatic heterocycles. The van der Waals surface area contributed by atoms with E-state index in [-0.39, 0.29) is 6.42 Å². The van der Waals surface area contributed by atoms with E-state index in [4.69, 9.17) is 4.74 Å². The molecule has 0 radical (unpaired) electrons. The molecule has 6 heteroatoms. The molecule has 0 N–H and O–H groups in total. The lowest BCUT2D eigenvalue weighted by Gasteiger charge is -2.46. The molecule has 2 heterocycles. The molecule has 1 aliphatic carbocycles. The number of ether oxygens (including phenoxy) is 1. The molecular weight excluding hydrogens is 266 g/mol. The summed E-state index contributed by atoms with van der Waals surface area (Å²) in [6.07, 6.45) is 1.28. The van der Waals surface area contributed by atoms with Gasteiger partial charge in [0.25, 0.3) is 5.92 Å². The Kier molecular flexibility index (Phi) is 3.29. The number of morpholine rings is 1. The average Bonchev–Trinajstić information content (AvgIpc) is 2.85. The first-order chi connectivity index (χ1) is 9.36. The molecule has 0 aromatic carbocycles. The number of carbonyl (C=O) groups excluding carboxylic acids is 1. The van der Waals surface area contributed by atoms with Gasteiger partial charge < -0.3 is 9.64 Å². The number of alkyl halides is 2. The molecule has 20 heavy (non-hydrogen) atoms. The van der Waals surface area contributed by atoms with Crippen molar-refractivity contribution >= 4 is 5.91 Å². The van der Waals surface area contributed by atoms with Gasteiger partial charge in [-0.3, -0.25) is 9.69 Å². The van der Waals surface area contributed by atoms with Crippen LogP contribution in [0.3, 0.4) is 0 Å². The molecule has 0 bridgehead atoms. The maximum absolute atomic E-state index is 13.2. The molecule has 2 saturated heterocycles. The fourth-order valence-corrected chi connectivity index (χ4v) is 3.38. The van der Waals surface area contributed by atoms with Crippen molar-refractivity contribution in [3.63, 3.8) is 0 Å². The zero-order chi connectivity index (χ0) is 14.5. The topological polar surface area (TPSA) is 32.8 Å². The van der Waals surface area contributed by atoms with Crippen LogP contribution in [-0.4, -0.2) is 59.6 Å². The minimum absolute atomic E-state index is 0.299. The lowest BCUT2D eigenvalue weighted by molar-refractivity contribution is -0.194. The van der Waals surface area contributed by atoms with Gasteiger partial charge in [0, 0.05) is 32.1 Å². The smallest absolute Gasteiger partial charge is 0.260 e. The molecule has 3 rings (SSSR count). The summed E-state index contributed by atoms with van der Waals surface area (Å²) in [5.41, 5.74) is -0.668.